The number of aromatic nitrogens is 4. The summed E-state index contributed by atoms with van der Waals surface area (Å²) in [6, 6.07) is 14.7. The van der Waals surface area contributed by atoms with Crippen LogP contribution in [-0.2, 0) is 13.1 Å². The molecule has 0 atom stereocenters. The second kappa shape index (κ2) is 9.96. The van der Waals surface area contributed by atoms with Crippen molar-refractivity contribution in [2.75, 3.05) is 5.73 Å². The third-order valence-corrected chi connectivity index (χ3v) is 5.27. The minimum Gasteiger partial charge on any atom is -0.491 e. The van der Waals surface area contributed by atoms with Gasteiger partial charge in [-0.05, 0) is 62.7 Å². The molecule has 34 heavy (non-hydrogen) atoms. The number of halogens is 1. The number of anilines is 1. The molecule has 0 unspecified atom stereocenters. The van der Waals surface area contributed by atoms with Gasteiger partial charge in [0.1, 0.15) is 17.2 Å². The summed E-state index contributed by atoms with van der Waals surface area (Å²) in [6.07, 6.45) is 0.0963. The van der Waals surface area contributed by atoms with Crippen molar-refractivity contribution >= 4 is 23.3 Å². The number of amides is 1. The lowest BCUT2D eigenvalue weighted by Crippen LogP contribution is -2.24. The van der Waals surface area contributed by atoms with Gasteiger partial charge in [-0.2, -0.15) is 0 Å². The monoisotopic (exact) mass is 480 g/mol. The highest BCUT2D eigenvalue weighted by molar-refractivity contribution is 6.30. The number of rotatable bonds is 8. The van der Waals surface area contributed by atoms with Gasteiger partial charge in [-0.25, -0.2) is 9.67 Å². The van der Waals surface area contributed by atoms with Gasteiger partial charge in [0, 0.05) is 17.1 Å². The van der Waals surface area contributed by atoms with Crippen LogP contribution in [0.4, 0.5) is 5.82 Å². The van der Waals surface area contributed by atoms with Gasteiger partial charge in [0.05, 0.1) is 12.6 Å². The average Bonchev–Trinajstić information content (AvgIpc) is 3.36. The minimum absolute atomic E-state index is 0.0519. The van der Waals surface area contributed by atoms with Gasteiger partial charge < -0.3 is 20.2 Å². The summed E-state index contributed by atoms with van der Waals surface area (Å²) in [5.41, 5.74) is 8.57. The van der Waals surface area contributed by atoms with Crippen molar-refractivity contribution in [3.05, 3.63) is 76.3 Å². The molecule has 0 saturated carbocycles. The van der Waals surface area contributed by atoms with E-state index in [9.17, 15) is 4.79 Å². The molecule has 0 bridgehead atoms. The number of benzene rings is 2. The molecule has 4 rings (SSSR count). The van der Waals surface area contributed by atoms with Crippen LogP contribution < -0.4 is 15.8 Å². The van der Waals surface area contributed by atoms with E-state index in [2.05, 4.69) is 20.6 Å². The summed E-state index contributed by atoms with van der Waals surface area (Å²) in [4.78, 5) is 17.1. The number of nitrogens with one attached hydrogen (secondary N) is 1. The van der Waals surface area contributed by atoms with Gasteiger partial charge >= 0.3 is 0 Å². The maximum Gasteiger partial charge on any atom is 0.275 e. The lowest BCUT2D eigenvalue weighted by molar-refractivity contribution is 0.0946. The van der Waals surface area contributed by atoms with E-state index >= 15 is 0 Å². The van der Waals surface area contributed by atoms with Gasteiger partial charge in [-0.15, -0.1) is 5.10 Å². The summed E-state index contributed by atoms with van der Waals surface area (Å²) in [7, 11) is 0. The Morgan fingerprint density at radius 3 is 2.56 bits per heavy atom. The van der Waals surface area contributed by atoms with Crippen LogP contribution in [0.25, 0.3) is 11.5 Å². The Kier molecular flexibility index (Phi) is 6.83. The molecule has 2 aromatic carbocycles. The second-order valence-electron chi connectivity index (χ2n) is 8.00. The number of ether oxygens (including phenoxy) is 1. The van der Waals surface area contributed by atoms with Crippen molar-refractivity contribution in [3.8, 4) is 17.2 Å². The highest BCUT2D eigenvalue weighted by Crippen LogP contribution is 2.25. The first-order valence-electron chi connectivity index (χ1n) is 10.7. The maximum absolute atomic E-state index is 12.5. The fraction of sp³-hybridized carbons (Fsp3) is 0.250. The Bertz CT molecular complexity index is 1280. The van der Waals surface area contributed by atoms with E-state index < -0.39 is 5.91 Å². The molecule has 0 aliphatic heterocycles. The molecule has 0 saturated heterocycles. The number of nitrogens with zero attached hydrogens (tertiary/aromatic N) is 4. The number of hydrogen-bond donors (Lipinski definition) is 2. The Labute approximate surface area is 201 Å². The summed E-state index contributed by atoms with van der Waals surface area (Å²) in [5, 5.41) is 11.4. The van der Waals surface area contributed by atoms with Crippen molar-refractivity contribution in [1.29, 1.82) is 0 Å². The van der Waals surface area contributed by atoms with E-state index in [-0.39, 0.29) is 24.2 Å². The molecule has 0 fully saturated rings. The summed E-state index contributed by atoms with van der Waals surface area (Å²) in [6.45, 7) is 6.29. The largest absolute Gasteiger partial charge is 0.491 e. The maximum atomic E-state index is 12.5. The van der Waals surface area contributed by atoms with Crippen LogP contribution in [0.15, 0.2) is 52.9 Å². The van der Waals surface area contributed by atoms with Gasteiger partial charge in [0.25, 0.3) is 5.91 Å². The van der Waals surface area contributed by atoms with Crippen LogP contribution in [0.1, 0.15) is 41.4 Å². The zero-order valence-electron chi connectivity index (χ0n) is 19.1. The molecule has 0 spiro atoms. The molecular weight excluding hydrogens is 456 g/mol. The first kappa shape index (κ1) is 23.3. The number of hydrogen-bond acceptors (Lipinski definition) is 7. The fourth-order valence-corrected chi connectivity index (χ4v) is 3.38. The average molecular weight is 481 g/mol. The smallest absolute Gasteiger partial charge is 0.275 e. The van der Waals surface area contributed by atoms with Crippen molar-refractivity contribution in [2.45, 2.75) is 40.0 Å². The Hall–Kier alpha value is -3.85. The van der Waals surface area contributed by atoms with Crippen LogP contribution in [0.3, 0.4) is 0 Å². The Morgan fingerprint density at radius 2 is 1.88 bits per heavy atom. The van der Waals surface area contributed by atoms with Crippen LogP contribution >= 0.6 is 11.6 Å². The standard InChI is InChI=1S/C24H25ClN6O3/c1-14(2)33-19-10-6-17(7-11-19)24-28-20(15(3)34-24)13-31-22(26)21(29-30-31)23(32)27-12-16-4-8-18(25)9-5-16/h4-11,14H,12-13,26H2,1-3H3,(H,27,32). The van der Waals surface area contributed by atoms with Crippen LogP contribution in [-0.4, -0.2) is 32.0 Å². The Balaban J connectivity index is 1.44. The molecular formula is C24H25ClN6O3. The predicted molar refractivity (Wildman–Crippen MR) is 129 cm³/mol. The quantitative estimate of drug-likeness (QED) is 0.386. The lowest BCUT2D eigenvalue weighted by atomic mass is 10.2. The molecule has 0 radical (unpaired) electrons. The summed E-state index contributed by atoms with van der Waals surface area (Å²) in [5.74, 6) is 1.61. The van der Waals surface area contributed by atoms with E-state index in [1.807, 2.05) is 57.2 Å². The first-order chi connectivity index (χ1) is 16.3. The number of carbonyl (C=O) groups is 1. The predicted octanol–water partition coefficient (Wildman–Crippen LogP) is 4.24. The van der Waals surface area contributed by atoms with Gasteiger partial charge in [-0.1, -0.05) is 28.9 Å². The van der Waals surface area contributed by atoms with Crippen molar-refractivity contribution in [1.82, 2.24) is 25.3 Å². The molecule has 9 nitrogen and oxygen atoms in total. The number of aryl methyl sites for hydroxylation is 1. The van der Waals surface area contributed by atoms with E-state index in [0.717, 1.165) is 16.9 Å². The Morgan fingerprint density at radius 1 is 1.18 bits per heavy atom. The number of oxazole rings is 1. The highest BCUT2D eigenvalue weighted by atomic mass is 35.5. The second-order valence-corrected chi connectivity index (χ2v) is 8.44. The molecule has 3 N–H and O–H groups in total. The SMILES string of the molecule is Cc1oc(-c2ccc(OC(C)C)cc2)nc1Cn1nnc(C(=O)NCc2ccc(Cl)cc2)c1N. The van der Waals surface area contributed by atoms with E-state index in [0.29, 0.717) is 28.9 Å². The topological polar surface area (TPSA) is 121 Å². The highest BCUT2D eigenvalue weighted by Gasteiger charge is 2.20. The summed E-state index contributed by atoms with van der Waals surface area (Å²) < 4.78 is 12.9. The number of nitrogens with two attached hydrogens (primary N) is 1. The van der Waals surface area contributed by atoms with Crippen LogP contribution in [0.5, 0.6) is 5.75 Å². The van der Waals surface area contributed by atoms with Gasteiger partial charge in [0.2, 0.25) is 5.89 Å². The van der Waals surface area contributed by atoms with E-state index in [1.54, 1.807) is 12.1 Å². The van der Waals surface area contributed by atoms with Crippen molar-refractivity contribution in [2.24, 2.45) is 0 Å². The minimum atomic E-state index is -0.417. The van der Waals surface area contributed by atoms with Gasteiger partial charge in [-0.3, -0.25) is 4.79 Å². The molecule has 176 valence electrons. The zero-order chi connectivity index (χ0) is 24.2. The molecule has 1 amide bonds. The van der Waals surface area contributed by atoms with E-state index in [1.165, 1.54) is 4.68 Å². The third-order valence-electron chi connectivity index (χ3n) is 5.02. The molecule has 4 aromatic rings. The van der Waals surface area contributed by atoms with Crippen molar-refractivity contribution in [3.63, 3.8) is 0 Å². The van der Waals surface area contributed by atoms with Crippen LogP contribution in [0, 0.1) is 6.92 Å². The summed E-state index contributed by atoms with van der Waals surface area (Å²) >= 11 is 5.89. The van der Waals surface area contributed by atoms with E-state index in [4.69, 9.17) is 26.5 Å². The molecule has 0 aliphatic rings. The van der Waals surface area contributed by atoms with Crippen LogP contribution in [0.2, 0.25) is 5.02 Å². The van der Waals surface area contributed by atoms with Gasteiger partial charge in [0.15, 0.2) is 11.5 Å². The molecule has 2 heterocycles. The zero-order valence-corrected chi connectivity index (χ0v) is 19.8. The molecule has 0 aliphatic carbocycles. The number of carbonyl (C=O) groups excluding carboxylic acids is 1. The fourth-order valence-electron chi connectivity index (χ4n) is 3.26. The molecule has 10 heteroatoms. The third kappa shape index (κ3) is 5.37. The lowest BCUT2D eigenvalue weighted by Gasteiger charge is -2.09. The molecule has 2 aromatic heterocycles. The normalized spacial score (nSPS) is 11.1. The number of nitrogen functional groups attached to an aromatic ring is 1. The first-order valence-corrected chi connectivity index (χ1v) is 11.1. The van der Waals surface area contributed by atoms with Crippen molar-refractivity contribution < 1.29 is 13.9 Å².